The van der Waals surface area contributed by atoms with Gasteiger partial charge in [0.15, 0.2) is 17.5 Å². The Morgan fingerprint density at radius 2 is 1.72 bits per heavy atom. The zero-order valence-corrected chi connectivity index (χ0v) is 22.6. The van der Waals surface area contributed by atoms with Crippen LogP contribution in [0.2, 0.25) is 0 Å². The minimum absolute atomic E-state index is 0.0368. The molecule has 6 rings (SSSR count). The average Bonchev–Trinajstić information content (AvgIpc) is 3.70. The van der Waals surface area contributed by atoms with E-state index < -0.39 is 17.8 Å². The summed E-state index contributed by atoms with van der Waals surface area (Å²) in [5, 5.41) is 21.1. The van der Waals surface area contributed by atoms with Crippen LogP contribution in [-0.2, 0) is 17.8 Å². The van der Waals surface area contributed by atoms with Crippen LogP contribution >= 0.6 is 0 Å². The molecule has 3 aromatic heterocycles. The van der Waals surface area contributed by atoms with Gasteiger partial charge in [-0.25, -0.2) is 23.5 Å². The molecular weight excluding hydrogens is 554 g/mol. The fourth-order valence-corrected chi connectivity index (χ4v) is 4.71. The highest BCUT2D eigenvalue weighted by molar-refractivity contribution is 5.77. The molecule has 6 aromatic rings. The molecule has 0 amide bonds. The van der Waals surface area contributed by atoms with Gasteiger partial charge >= 0.3 is 5.97 Å². The number of rotatable bonds is 10. The number of hydrogen-bond acceptors (Lipinski definition) is 7. The summed E-state index contributed by atoms with van der Waals surface area (Å²) in [6.45, 7) is 0.0408. The van der Waals surface area contributed by atoms with Gasteiger partial charge in [0, 0.05) is 23.6 Å². The summed E-state index contributed by atoms with van der Waals surface area (Å²) >= 11 is 0. The molecule has 2 N–H and O–H groups in total. The third-order valence-electron chi connectivity index (χ3n) is 6.83. The maximum absolute atomic E-state index is 15.7. The SMILES string of the molecule is O=C(O)[C@@H](Cc1ccccc1)Nc1nc(-c2cc(-c3ccon3)n(Cc3cccc(-c4ccccc4)c3F)n2)ncc1F. The van der Waals surface area contributed by atoms with E-state index in [1.54, 1.807) is 54.6 Å². The summed E-state index contributed by atoms with van der Waals surface area (Å²) in [4.78, 5) is 20.3. The molecule has 0 spiro atoms. The number of anilines is 1. The Morgan fingerprint density at radius 3 is 2.44 bits per heavy atom. The molecule has 0 aliphatic heterocycles. The quantitative estimate of drug-likeness (QED) is 0.200. The lowest BCUT2D eigenvalue weighted by atomic mass is 10.0. The Bertz CT molecular complexity index is 1860. The summed E-state index contributed by atoms with van der Waals surface area (Å²) in [6.07, 6.45) is 2.45. The lowest BCUT2D eigenvalue weighted by Crippen LogP contribution is -2.32. The molecule has 3 heterocycles. The molecule has 0 saturated carbocycles. The number of carboxylic acids is 1. The van der Waals surface area contributed by atoms with Crippen molar-refractivity contribution in [3.8, 4) is 34.0 Å². The maximum Gasteiger partial charge on any atom is 0.326 e. The van der Waals surface area contributed by atoms with E-state index in [9.17, 15) is 14.3 Å². The van der Waals surface area contributed by atoms with Crippen LogP contribution in [0.4, 0.5) is 14.6 Å². The largest absolute Gasteiger partial charge is 0.480 e. The summed E-state index contributed by atoms with van der Waals surface area (Å²) in [5.74, 6) is -2.62. The maximum atomic E-state index is 15.7. The third kappa shape index (κ3) is 6.01. The first-order chi connectivity index (χ1) is 21.0. The molecule has 43 heavy (non-hydrogen) atoms. The number of aliphatic carboxylic acids is 1. The monoisotopic (exact) mass is 578 g/mol. The first-order valence-corrected chi connectivity index (χ1v) is 13.3. The van der Waals surface area contributed by atoms with Gasteiger partial charge in [-0.05, 0) is 17.2 Å². The molecule has 9 nitrogen and oxygen atoms in total. The molecule has 0 saturated heterocycles. The van der Waals surface area contributed by atoms with E-state index in [0.717, 1.165) is 17.3 Å². The van der Waals surface area contributed by atoms with Gasteiger partial charge in [-0.2, -0.15) is 5.10 Å². The molecule has 0 unspecified atom stereocenters. The van der Waals surface area contributed by atoms with Crippen LogP contribution in [0.5, 0.6) is 0 Å². The van der Waals surface area contributed by atoms with E-state index >= 15 is 4.39 Å². The molecule has 0 bridgehead atoms. The van der Waals surface area contributed by atoms with Gasteiger partial charge in [0.05, 0.1) is 18.4 Å². The standard InChI is InChI=1S/C32H24F2N6O3/c33-24-18-35-31(37-30(24)36-27(32(41)42)16-20-8-3-1-4-9-20)26-17-28(25-14-15-43-39-25)40(38-26)19-22-12-7-13-23(29(22)34)21-10-5-2-6-11-21/h1-15,17-18,27H,16,19H2,(H,41,42)(H,35,36,37)/t27-/m1/s1. The van der Waals surface area contributed by atoms with Gasteiger partial charge in [0.25, 0.3) is 0 Å². The van der Waals surface area contributed by atoms with Crippen LogP contribution in [0, 0.1) is 11.6 Å². The number of nitrogens with one attached hydrogen (secondary N) is 1. The second-order valence-electron chi connectivity index (χ2n) is 9.72. The van der Waals surface area contributed by atoms with Crippen molar-refractivity contribution in [2.45, 2.75) is 19.0 Å². The molecule has 3 aromatic carbocycles. The van der Waals surface area contributed by atoms with Crippen LogP contribution in [0.3, 0.4) is 0 Å². The number of hydrogen-bond donors (Lipinski definition) is 2. The van der Waals surface area contributed by atoms with Crippen molar-refractivity contribution >= 4 is 11.8 Å². The molecule has 0 aliphatic rings. The Hall–Kier alpha value is -5.71. The Balaban J connectivity index is 1.34. The highest BCUT2D eigenvalue weighted by Gasteiger charge is 2.23. The number of nitrogens with zero attached hydrogens (tertiary/aromatic N) is 5. The Labute approximate surface area is 244 Å². The van der Waals surface area contributed by atoms with Gasteiger partial charge in [-0.15, -0.1) is 0 Å². The van der Waals surface area contributed by atoms with Crippen LogP contribution in [0.15, 0.2) is 108 Å². The van der Waals surface area contributed by atoms with Gasteiger partial charge in [-0.3, -0.25) is 4.68 Å². The molecule has 214 valence electrons. The Kier molecular flexibility index (Phi) is 7.68. The zero-order chi connectivity index (χ0) is 29.8. The van der Waals surface area contributed by atoms with Gasteiger partial charge in [0.2, 0.25) is 0 Å². The van der Waals surface area contributed by atoms with Crippen LogP contribution in [0.1, 0.15) is 11.1 Å². The lowest BCUT2D eigenvalue weighted by molar-refractivity contribution is -0.137. The highest BCUT2D eigenvalue weighted by atomic mass is 19.1. The molecule has 0 fully saturated rings. The van der Waals surface area contributed by atoms with E-state index in [1.165, 1.54) is 10.9 Å². The predicted molar refractivity (Wildman–Crippen MR) is 155 cm³/mol. The van der Waals surface area contributed by atoms with Gasteiger partial charge in [0.1, 0.15) is 29.5 Å². The summed E-state index contributed by atoms with van der Waals surface area (Å²) in [7, 11) is 0. The summed E-state index contributed by atoms with van der Waals surface area (Å²) in [6, 6.07) is 25.5. The van der Waals surface area contributed by atoms with E-state index in [4.69, 9.17) is 4.52 Å². The molecule has 11 heteroatoms. The number of aromatic nitrogens is 5. The lowest BCUT2D eigenvalue weighted by Gasteiger charge is -2.16. The van der Waals surface area contributed by atoms with E-state index in [-0.39, 0.29) is 36.1 Å². The van der Waals surface area contributed by atoms with Crippen molar-refractivity contribution in [3.63, 3.8) is 0 Å². The van der Waals surface area contributed by atoms with Crippen LogP contribution in [-0.4, -0.2) is 42.0 Å². The van der Waals surface area contributed by atoms with E-state index in [2.05, 4.69) is 25.5 Å². The van der Waals surface area contributed by atoms with Crippen molar-refractivity contribution in [2.75, 3.05) is 5.32 Å². The first kappa shape index (κ1) is 27.5. The molecular formula is C32H24F2N6O3. The molecule has 1 atom stereocenters. The Morgan fingerprint density at radius 1 is 0.953 bits per heavy atom. The second-order valence-corrected chi connectivity index (χ2v) is 9.72. The predicted octanol–water partition coefficient (Wildman–Crippen LogP) is 6.10. The number of carboxylic acid groups (broad SMARTS) is 1. The number of benzene rings is 3. The van der Waals surface area contributed by atoms with Crippen molar-refractivity contribution in [2.24, 2.45) is 0 Å². The normalized spacial score (nSPS) is 11.8. The third-order valence-corrected chi connectivity index (χ3v) is 6.83. The van der Waals surface area contributed by atoms with Gasteiger partial charge in [-0.1, -0.05) is 84.0 Å². The second kappa shape index (κ2) is 12.0. The average molecular weight is 579 g/mol. The molecule has 0 aliphatic carbocycles. The summed E-state index contributed by atoms with van der Waals surface area (Å²) < 4.78 is 37.1. The number of halogens is 2. The van der Waals surface area contributed by atoms with Crippen molar-refractivity contribution in [1.29, 1.82) is 0 Å². The topological polar surface area (TPSA) is 119 Å². The van der Waals surface area contributed by atoms with Crippen molar-refractivity contribution in [3.05, 3.63) is 126 Å². The fraction of sp³-hybridized carbons (Fsp3) is 0.0938. The minimum atomic E-state index is -1.17. The van der Waals surface area contributed by atoms with Gasteiger partial charge < -0.3 is 14.9 Å². The fourth-order valence-electron chi connectivity index (χ4n) is 4.71. The first-order valence-electron chi connectivity index (χ1n) is 13.3. The molecule has 0 radical (unpaired) electrons. The smallest absolute Gasteiger partial charge is 0.326 e. The van der Waals surface area contributed by atoms with Crippen LogP contribution < -0.4 is 5.32 Å². The van der Waals surface area contributed by atoms with Crippen molar-refractivity contribution < 1.29 is 23.2 Å². The highest BCUT2D eigenvalue weighted by Crippen LogP contribution is 2.29. The number of carbonyl (C=O) groups is 1. The van der Waals surface area contributed by atoms with E-state index in [1.807, 2.05) is 36.4 Å². The van der Waals surface area contributed by atoms with Crippen LogP contribution in [0.25, 0.3) is 34.0 Å². The zero-order valence-electron chi connectivity index (χ0n) is 22.6. The van der Waals surface area contributed by atoms with Crippen molar-refractivity contribution in [1.82, 2.24) is 24.9 Å². The van der Waals surface area contributed by atoms with E-state index in [0.29, 0.717) is 22.5 Å². The summed E-state index contributed by atoms with van der Waals surface area (Å²) in [5.41, 5.74) is 3.51. The minimum Gasteiger partial charge on any atom is -0.480 e.